The van der Waals surface area contributed by atoms with Crippen LogP contribution < -0.4 is 4.90 Å². The molecule has 0 heterocycles. The Labute approximate surface area is 281 Å². The third kappa shape index (κ3) is 3.62. The van der Waals surface area contributed by atoms with Crippen molar-refractivity contribution in [1.29, 1.82) is 0 Å². The molecule has 0 atom stereocenters. The molecule has 2 aliphatic carbocycles. The summed E-state index contributed by atoms with van der Waals surface area (Å²) in [6.45, 7) is 4.40. The van der Waals surface area contributed by atoms with Crippen molar-refractivity contribution in [3.8, 4) is 22.3 Å². The fraction of sp³-hybridized carbons (Fsp3) is 0.0638. The molecule has 8 aromatic rings. The van der Waals surface area contributed by atoms with E-state index in [-0.39, 0.29) is 0 Å². The average molecular weight is 612 g/mol. The van der Waals surface area contributed by atoms with Crippen molar-refractivity contribution in [3.05, 3.63) is 197 Å². The molecule has 48 heavy (non-hydrogen) atoms. The molecule has 10 rings (SSSR count). The molecule has 0 saturated carbocycles. The second-order valence-corrected chi connectivity index (χ2v) is 13.5. The van der Waals surface area contributed by atoms with Gasteiger partial charge in [-0.3, -0.25) is 0 Å². The molecule has 0 fully saturated rings. The van der Waals surface area contributed by atoms with Gasteiger partial charge in [-0.05, 0) is 128 Å². The average Bonchev–Trinajstić information content (AvgIpc) is 3.58. The highest BCUT2D eigenvalue weighted by Gasteiger charge is 2.52. The van der Waals surface area contributed by atoms with Crippen LogP contribution >= 0.6 is 0 Å². The summed E-state index contributed by atoms with van der Waals surface area (Å²) in [4.78, 5) is 2.47. The Hall–Kier alpha value is -5.92. The summed E-state index contributed by atoms with van der Waals surface area (Å²) in [5.74, 6) is 0. The zero-order valence-corrected chi connectivity index (χ0v) is 27.0. The molecule has 0 saturated heterocycles. The maximum atomic E-state index is 2.53. The van der Waals surface area contributed by atoms with E-state index in [1.165, 1.54) is 88.6 Å². The fourth-order valence-electron chi connectivity index (χ4n) is 8.93. The monoisotopic (exact) mass is 611 g/mol. The Morgan fingerprint density at radius 1 is 0.396 bits per heavy atom. The molecule has 1 spiro atoms. The lowest BCUT2D eigenvalue weighted by Gasteiger charge is -2.33. The minimum Gasteiger partial charge on any atom is -0.310 e. The predicted molar refractivity (Wildman–Crippen MR) is 202 cm³/mol. The molecular formula is C47H33N. The van der Waals surface area contributed by atoms with Gasteiger partial charge in [0.05, 0.1) is 11.1 Å². The van der Waals surface area contributed by atoms with Gasteiger partial charge in [0.15, 0.2) is 0 Å². The predicted octanol–water partition coefficient (Wildman–Crippen LogP) is 12.4. The number of benzene rings is 8. The second-order valence-electron chi connectivity index (χ2n) is 13.5. The molecule has 1 nitrogen and oxygen atoms in total. The number of nitrogens with zero attached hydrogens (tertiary/aromatic N) is 1. The highest BCUT2D eigenvalue weighted by atomic mass is 15.1. The molecule has 0 amide bonds. The van der Waals surface area contributed by atoms with Crippen LogP contribution in [0.15, 0.2) is 164 Å². The first-order valence-electron chi connectivity index (χ1n) is 16.9. The lowest BCUT2D eigenvalue weighted by Crippen LogP contribution is -2.26. The summed E-state index contributed by atoms with van der Waals surface area (Å²) in [7, 11) is 0. The number of fused-ring (bicyclic) bond motifs is 13. The number of hydrogen-bond acceptors (Lipinski definition) is 1. The Kier molecular flexibility index (Phi) is 5.69. The van der Waals surface area contributed by atoms with Crippen LogP contribution in [0.3, 0.4) is 0 Å². The van der Waals surface area contributed by atoms with Crippen LogP contribution in [0, 0.1) is 13.8 Å². The van der Waals surface area contributed by atoms with Crippen molar-refractivity contribution in [1.82, 2.24) is 0 Å². The van der Waals surface area contributed by atoms with Gasteiger partial charge in [-0.25, -0.2) is 0 Å². The second kappa shape index (κ2) is 10.0. The highest BCUT2D eigenvalue weighted by molar-refractivity contribution is 6.13. The molecule has 0 N–H and O–H groups in total. The van der Waals surface area contributed by atoms with Crippen molar-refractivity contribution < 1.29 is 0 Å². The van der Waals surface area contributed by atoms with Crippen LogP contribution in [0.25, 0.3) is 43.8 Å². The number of aryl methyl sites for hydroxylation is 2. The van der Waals surface area contributed by atoms with Crippen LogP contribution in [-0.2, 0) is 5.41 Å². The van der Waals surface area contributed by atoms with Crippen LogP contribution in [0.4, 0.5) is 17.1 Å². The topological polar surface area (TPSA) is 3.24 Å². The minimum absolute atomic E-state index is 0.453. The van der Waals surface area contributed by atoms with Gasteiger partial charge in [0.2, 0.25) is 0 Å². The van der Waals surface area contributed by atoms with Crippen molar-refractivity contribution in [2.45, 2.75) is 19.3 Å². The SMILES string of the molecule is Cc1cc(C)cc(N(c2ccccc2)c2cc3c(c4ccccc24)-c2cc4ccccc4cc2C32c3ccccc3-c3ccccc32)c1. The summed E-state index contributed by atoms with van der Waals surface area (Å²) in [5, 5.41) is 5.07. The molecule has 0 aliphatic heterocycles. The van der Waals surface area contributed by atoms with Gasteiger partial charge < -0.3 is 4.90 Å². The zero-order chi connectivity index (χ0) is 32.0. The zero-order valence-electron chi connectivity index (χ0n) is 27.0. The highest BCUT2D eigenvalue weighted by Crippen LogP contribution is 2.65. The lowest BCUT2D eigenvalue weighted by atomic mass is 9.70. The third-order valence-corrected chi connectivity index (χ3v) is 10.7. The molecule has 0 radical (unpaired) electrons. The summed E-state index contributed by atoms with van der Waals surface area (Å²) in [5.41, 5.74) is 16.3. The van der Waals surface area contributed by atoms with E-state index in [9.17, 15) is 0 Å². The van der Waals surface area contributed by atoms with Gasteiger partial charge in [0.25, 0.3) is 0 Å². The largest absolute Gasteiger partial charge is 0.310 e. The van der Waals surface area contributed by atoms with Crippen molar-refractivity contribution >= 4 is 38.6 Å². The Morgan fingerprint density at radius 3 is 1.65 bits per heavy atom. The van der Waals surface area contributed by atoms with Crippen molar-refractivity contribution in [2.24, 2.45) is 0 Å². The number of hydrogen-bond donors (Lipinski definition) is 0. The van der Waals surface area contributed by atoms with Crippen molar-refractivity contribution in [3.63, 3.8) is 0 Å². The van der Waals surface area contributed by atoms with Gasteiger partial charge in [0, 0.05) is 16.8 Å². The maximum absolute atomic E-state index is 2.53. The molecule has 0 aromatic heterocycles. The third-order valence-electron chi connectivity index (χ3n) is 10.7. The number of rotatable bonds is 3. The van der Waals surface area contributed by atoms with Gasteiger partial charge in [-0.15, -0.1) is 0 Å². The fourth-order valence-corrected chi connectivity index (χ4v) is 8.93. The number of anilines is 3. The quantitative estimate of drug-likeness (QED) is 0.192. The summed E-state index contributed by atoms with van der Waals surface area (Å²) >= 11 is 0. The van der Waals surface area contributed by atoms with E-state index in [1.54, 1.807) is 0 Å². The molecule has 8 aromatic carbocycles. The normalized spacial score (nSPS) is 13.4. The molecule has 1 heteroatoms. The van der Waals surface area contributed by atoms with E-state index in [0.717, 1.165) is 5.69 Å². The summed E-state index contributed by atoms with van der Waals surface area (Å²) in [6, 6.07) is 61.3. The van der Waals surface area contributed by atoms with E-state index in [2.05, 4.69) is 183 Å². The van der Waals surface area contributed by atoms with E-state index >= 15 is 0 Å². The minimum atomic E-state index is -0.453. The van der Waals surface area contributed by atoms with Crippen LogP contribution in [-0.4, -0.2) is 0 Å². The molecule has 2 aliphatic rings. The Bertz CT molecular complexity index is 2530. The molecular weight excluding hydrogens is 579 g/mol. The molecule has 0 unspecified atom stereocenters. The first-order chi connectivity index (χ1) is 23.6. The van der Waals surface area contributed by atoms with Gasteiger partial charge in [0.1, 0.15) is 0 Å². The summed E-state index contributed by atoms with van der Waals surface area (Å²) < 4.78 is 0. The Balaban J connectivity index is 1.41. The first-order valence-corrected chi connectivity index (χ1v) is 16.9. The van der Waals surface area contributed by atoms with Crippen LogP contribution in [0.5, 0.6) is 0 Å². The van der Waals surface area contributed by atoms with Crippen LogP contribution in [0.1, 0.15) is 33.4 Å². The van der Waals surface area contributed by atoms with E-state index in [1.807, 2.05) is 0 Å². The van der Waals surface area contributed by atoms with Gasteiger partial charge >= 0.3 is 0 Å². The lowest BCUT2D eigenvalue weighted by molar-refractivity contribution is 0.795. The molecule has 226 valence electrons. The van der Waals surface area contributed by atoms with Crippen LogP contribution in [0.2, 0.25) is 0 Å². The number of para-hydroxylation sites is 1. The van der Waals surface area contributed by atoms with E-state index < -0.39 is 5.41 Å². The Morgan fingerprint density at radius 2 is 0.958 bits per heavy atom. The smallest absolute Gasteiger partial charge is 0.0726 e. The van der Waals surface area contributed by atoms with Crippen molar-refractivity contribution in [2.75, 3.05) is 4.90 Å². The van der Waals surface area contributed by atoms with Gasteiger partial charge in [-0.1, -0.05) is 121 Å². The standard InChI is InChI=1S/C47H33N/c1-30-24-31(2)26-35(25-30)48(34-16-4-3-5-17-34)45-29-44-46(39-21-9-8-20-38(39)45)40-27-32-14-6-7-15-33(32)28-43(40)47(44)41-22-12-10-18-36(41)37-19-11-13-23-42(37)47/h3-29H,1-2H3. The molecule has 0 bridgehead atoms. The maximum Gasteiger partial charge on any atom is 0.0726 e. The van der Waals surface area contributed by atoms with E-state index in [4.69, 9.17) is 0 Å². The van der Waals surface area contributed by atoms with E-state index in [0.29, 0.717) is 0 Å². The summed E-state index contributed by atoms with van der Waals surface area (Å²) in [6.07, 6.45) is 0. The first kappa shape index (κ1) is 27.2. The van der Waals surface area contributed by atoms with Gasteiger partial charge in [-0.2, -0.15) is 0 Å².